The predicted octanol–water partition coefficient (Wildman–Crippen LogP) is 1.59. The molecule has 0 unspecified atom stereocenters. The number of rotatable bonds is 6. The highest BCUT2D eigenvalue weighted by molar-refractivity contribution is 6.30. The summed E-state index contributed by atoms with van der Waals surface area (Å²) < 4.78 is 0. The molecule has 6 nitrogen and oxygen atoms in total. The number of carbonyl (C=O) groups excluding carboxylic acids is 2. The molecule has 2 amide bonds. The molecule has 1 N–H and O–H groups in total. The van der Waals surface area contributed by atoms with Gasteiger partial charge in [0.1, 0.15) is 0 Å². The highest BCUT2D eigenvalue weighted by Gasteiger charge is 2.23. The van der Waals surface area contributed by atoms with Crippen LogP contribution in [0.25, 0.3) is 0 Å². The Morgan fingerprint density at radius 2 is 1.59 bits per heavy atom. The summed E-state index contributed by atoms with van der Waals surface area (Å²) in [5, 5.41) is 3.62. The van der Waals surface area contributed by atoms with Gasteiger partial charge in [-0.3, -0.25) is 19.4 Å². The van der Waals surface area contributed by atoms with Crippen LogP contribution in [0.4, 0.5) is 0 Å². The number of carbonyl (C=O) groups is 2. The minimum Gasteiger partial charge on any atom is -0.351 e. The number of halogens is 1. The fourth-order valence-corrected chi connectivity index (χ4v) is 3.86. The number of nitrogens with one attached hydrogen (secondary N) is 1. The number of piperidine rings is 1. The van der Waals surface area contributed by atoms with Gasteiger partial charge in [0.05, 0.1) is 13.1 Å². The zero-order valence-corrected chi connectivity index (χ0v) is 16.6. The summed E-state index contributed by atoms with van der Waals surface area (Å²) in [6.07, 6.45) is 3.50. The first-order chi connectivity index (χ1) is 13.1. The molecular weight excluding hydrogens is 364 g/mol. The van der Waals surface area contributed by atoms with Crippen LogP contribution in [0, 0.1) is 0 Å². The van der Waals surface area contributed by atoms with Crippen LogP contribution in [0.15, 0.2) is 24.3 Å². The molecule has 7 heteroatoms. The van der Waals surface area contributed by atoms with Crippen molar-refractivity contribution in [1.29, 1.82) is 0 Å². The monoisotopic (exact) mass is 392 g/mol. The number of amides is 2. The average molecular weight is 393 g/mol. The predicted molar refractivity (Wildman–Crippen MR) is 107 cm³/mol. The van der Waals surface area contributed by atoms with Crippen molar-refractivity contribution in [1.82, 2.24) is 20.0 Å². The van der Waals surface area contributed by atoms with Gasteiger partial charge in [-0.15, -0.1) is 0 Å². The van der Waals surface area contributed by atoms with Gasteiger partial charge in [0.25, 0.3) is 0 Å². The molecular formula is C20H29ClN4O2. The van der Waals surface area contributed by atoms with Crippen LogP contribution in [0.1, 0.15) is 24.8 Å². The van der Waals surface area contributed by atoms with Crippen molar-refractivity contribution in [3.05, 3.63) is 34.9 Å². The van der Waals surface area contributed by atoms with Crippen LogP contribution < -0.4 is 5.32 Å². The zero-order valence-electron chi connectivity index (χ0n) is 15.8. The van der Waals surface area contributed by atoms with Crippen molar-refractivity contribution >= 4 is 23.4 Å². The maximum atomic E-state index is 12.4. The van der Waals surface area contributed by atoms with E-state index in [0.29, 0.717) is 24.7 Å². The molecule has 1 aromatic rings. The minimum atomic E-state index is 0.0211. The Labute approximate surface area is 166 Å². The van der Waals surface area contributed by atoms with Gasteiger partial charge in [0, 0.05) is 50.8 Å². The lowest BCUT2D eigenvalue weighted by molar-refractivity contribution is -0.134. The van der Waals surface area contributed by atoms with Crippen molar-refractivity contribution in [3.63, 3.8) is 0 Å². The first kappa shape index (κ1) is 20.1. The molecule has 1 aromatic carbocycles. The van der Waals surface area contributed by atoms with E-state index in [2.05, 4.69) is 15.1 Å². The van der Waals surface area contributed by atoms with E-state index in [4.69, 9.17) is 11.6 Å². The fourth-order valence-electron chi connectivity index (χ4n) is 3.65. The van der Waals surface area contributed by atoms with E-state index in [1.165, 1.54) is 6.42 Å². The van der Waals surface area contributed by atoms with E-state index in [0.717, 1.165) is 57.7 Å². The molecule has 0 radical (unpaired) electrons. The van der Waals surface area contributed by atoms with Gasteiger partial charge < -0.3 is 10.2 Å². The average Bonchev–Trinajstić information content (AvgIpc) is 2.69. The van der Waals surface area contributed by atoms with Gasteiger partial charge in [-0.05, 0) is 37.0 Å². The fraction of sp³-hybridized carbons (Fsp3) is 0.600. The van der Waals surface area contributed by atoms with Crippen LogP contribution in [0.2, 0.25) is 5.02 Å². The molecule has 2 saturated heterocycles. The number of likely N-dealkylation sites (tertiary alicyclic amines) is 1. The van der Waals surface area contributed by atoms with Crippen LogP contribution in [0.5, 0.6) is 0 Å². The van der Waals surface area contributed by atoms with Crippen LogP contribution in [-0.2, 0) is 16.1 Å². The standard InChI is InChI=1S/C20H29ClN4O2/c21-18-6-4-5-17(13-18)14-22-19(26)15-23-9-11-24(12-10-23)16-20(27)25-7-2-1-3-8-25/h4-6,13H,1-3,7-12,14-16H2,(H,22,26). The third-order valence-electron chi connectivity index (χ3n) is 5.28. The molecule has 27 heavy (non-hydrogen) atoms. The Hall–Kier alpha value is -1.63. The van der Waals surface area contributed by atoms with Crippen molar-refractivity contribution < 1.29 is 9.59 Å². The second-order valence-electron chi connectivity index (χ2n) is 7.40. The Kier molecular flexibility index (Phi) is 7.50. The summed E-state index contributed by atoms with van der Waals surface area (Å²) in [7, 11) is 0. The van der Waals surface area contributed by atoms with Gasteiger partial charge in [-0.2, -0.15) is 0 Å². The van der Waals surface area contributed by atoms with E-state index in [1.54, 1.807) is 0 Å². The van der Waals surface area contributed by atoms with E-state index >= 15 is 0 Å². The van der Waals surface area contributed by atoms with Crippen molar-refractivity contribution in [2.45, 2.75) is 25.8 Å². The number of benzene rings is 1. The molecule has 2 fully saturated rings. The maximum absolute atomic E-state index is 12.4. The van der Waals surface area contributed by atoms with Crippen molar-refractivity contribution in [3.8, 4) is 0 Å². The highest BCUT2D eigenvalue weighted by atomic mass is 35.5. The second-order valence-corrected chi connectivity index (χ2v) is 7.84. The van der Waals surface area contributed by atoms with Crippen LogP contribution in [-0.4, -0.2) is 78.9 Å². The number of piperazine rings is 1. The van der Waals surface area contributed by atoms with Crippen LogP contribution >= 0.6 is 11.6 Å². The lowest BCUT2D eigenvalue weighted by atomic mass is 10.1. The van der Waals surface area contributed by atoms with Gasteiger partial charge >= 0.3 is 0 Å². The Morgan fingerprint density at radius 3 is 2.26 bits per heavy atom. The highest BCUT2D eigenvalue weighted by Crippen LogP contribution is 2.11. The second kappa shape index (κ2) is 10.1. The van der Waals surface area contributed by atoms with Gasteiger partial charge in [-0.1, -0.05) is 23.7 Å². The molecule has 0 bridgehead atoms. The van der Waals surface area contributed by atoms with Gasteiger partial charge in [0.2, 0.25) is 11.8 Å². The number of nitrogens with zero attached hydrogens (tertiary/aromatic N) is 3. The van der Waals surface area contributed by atoms with Crippen molar-refractivity contribution in [2.75, 3.05) is 52.4 Å². The molecule has 2 heterocycles. The third kappa shape index (κ3) is 6.48. The molecule has 2 aliphatic heterocycles. The Balaban J connectivity index is 1.34. The minimum absolute atomic E-state index is 0.0211. The quantitative estimate of drug-likeness (QED) is 0.798. The number of hydrogen-bond donors (Lipinski definition) is 1. The summed E-state index contributed by atoms with van der Waals surface area (Å²) in [6.45, 7) is 6.52. The van der Waals surface area contributed by atoms with Crippen molar-refractivity contribution in [2.24, 2.45) is 0 Å². The SMILES string of the molecule is O=C(CN1CCN(CC(=O)N2CCCCC2)CC1)NCc1cccc(Cl)c1. The third-order valence-corrected chi connectivity index (χ3v) is 5.51. The lowest BCUT2D eigenvalue weighted by Gasteiger charge is -2.35. The summed E-state index contributed by atoms with van der Waals surface area (Å²) in [4.78, 5) is 30.9. The topological polar surface area (TPSA) is 55.9 Å². The van der Waals surface area contributed by atoms with Gasteiger partial charge in [-0.25, -0.2) is 0 Å². The smallest absolute Gasteiger partial charge is 0.236 e. The molecule has 148 valence electrons. The summed E-state index contributed by atoms with van der Waals surface area (Å²) in [5.74, 6) is 0.273. The van der Waals surface area contributed by atoms with E-state index in [9.17, 15) is 9.59 Å². The summed E-state index contributed by atoms with van der Waals surface area (Å²) in [5.41, 5.74) is 0.997. The molecule has 3 rings (SSSR count). The molecule has 0 aromatic heterocycles. The zero-order chi connectivity index (χ0) is 19.1. The number of hydrogen-bond acceptors (Lipinski definition) is 4. The molecule has 0 spiro atoms. The maximum Gasteiger partial charge on any atom is 0.236 e. The lowest BCUT2D eigenvalue weighted by Crippen LogP contribution is -2.52. The molecule has 2 aliphatic rings. The van der Waals surface area contributed by atoms with E-state index in [-0.39, 0.29) is 11.8 Å². The molecule has 0 saturated carbocycles. The normalized spacial score (nSPS) is 19.1. The summed E-state index contributed by atoms with van der Waals surface area (Å²) >= 11 is 5.96. The first-order valence-corrected chi connectivity index (χ1v) is 10.2. The van der Waals surface area contributed by atoms with E-state index < -0.39 is 0 Å². The summed E-state index contributed by atoms with van der Waals surface area (Å²) in [6, 6.07) is 7.51. The Morgan fingerprint density at radius 1 is 0.926 bits per heavy atom. The molecule has 0 atom stereocenters. The van der Waals surface area contributed by atoms with Crippen LogP contribution in [0.3, 0.4) is 0 Å². The van der Waals surface area contributed by atoms with E-state index in [1.807, 2.05) is 29.2 Å². The largest absolute Gasteiger partial charge is 0.351 e. The first-order valence-electron chi connectivity index (χ1n) is 9.84. The Bertz CT molecular complexity index is 641. The molecule has 0 aliphatic carbocycles. The van der Waals surface area contributed by atoms with Gasteiger partial charge in [0.15, 0.2) is 0 Å².